The van der Waals surface area contributed by atoms with E-state index in [4.69, 9.17) is 0 Å². The van der Waals surface area contributed by atoms with E-state index in [0.29, 0.717) is 18.5 Å². The predicted octanol–water partition coefficient (Wildman–Crippen LogP) is 1.10. The Morgan fingerprint density at radius 2 is 2.06 bits per heavy atom. The third-order valence-corrected chi connectivity index (χ3v) is 3.14. The highest BCUT2D eigenvalue weighted by Gasteiger charge is 2.37. The van der Waals surface area contributed by atoms with Crippen LogP contribution in [0.4, 0.5) is 5.82 Å². The zero-order chi connectivity index (χ0) is 12.0. The van der Waals surface area contributed by atoms with Gasteiger partial charge < -0.3 is 15.0 Å². The van der Waals surface area contributed by atoms with E-state index in [1.807, 2.05) is 35.2 Å². The maximum absolute atomic E-state index is 11.9. The molecule has 0 atom stereocenters. The van der Waals surface area contributed by atoms with E-state index in [2.05, 4.69) is 4.98 Å². The van der Waals surface area contributed by atoms with E-state index < -0.39 is 5.60 Å². The Kier molecular flexibility index (Phi) is 2.03. The van der Waals surface area contributed by atoms with Crippen molar-refractivity contribution in [2.45, 2.75) is 12.5 Å². The van der Waals surface area contributed by atoms with Crippen LogP contribution in [0.5, 0.6) is 0 Å². The number of aromatic amines is 1. The van der Waals surface area contributed by atoms with Crippen LogP contribution in [-0.4, -0.2) is 28.8 Å². The van der Waals surface area contributed by atoms with E-state index in [9.17, 15) is 9.90 Å². The molecule has 1 aliphatic heterocycles. The van der Waals surface area contributed by atoms with Crippen LogP contribution in [0, 0.1) is 0 Å². The fraction of sp³-hybridized carbons (Fsp3) is 0.308. The van der Waals surface area contributed by atoms with E-state index in [0.717, 1.165) is 11.2 Å². The Morgan fingerprint density at radius 1 is 1.35 bits per heavy atom. The topological polar surface area (TPSA) is 56.3 Å². The molecule has 1 aromatic carbocycles. The highest BCUT2D eigenvalue weighted by Crippen LogP contribution is 2.26. The average Bonchev–Trinajstić information content (AvgIpc) is 2.26. The maximum Gasteiger partial charge on any atom is 0.257 e. The van der Waals surface area contributed by atoms with Crippen molar-refractivity contribution in [2.24, 2.45) is 0 Å². The number of aromatic nitrogens is 1. The molecule has 2 aromatic rings. The smallest absolute Gasteiger partial charge is 0.257 e. The molecule has 17 heavy (non-hydrogen) atoms. The number of hydrogen-bond donors (Lipinski definition) is 2. The van der Waals surface area contributed by atoms with Gasteiger partial charge in [-0.3, -0.25) is 4.79 Å². The molecule has 1 aliphatic rings. The fourth-order valence-corrected chi connectivity index (χ4v) is 2.31. The van der Waals surface area contributed by atoms with Crippen LogP contribution < -0.4 is 10.5 Å². The molecule has 3 rings (SSSR count). The average molecular weight is 230 g/mol. The molecule has 4 nitrogen and oxygen atoms in total. The number of β-amino-alcohol motifs (C(OH)–C–C–N with tert-alkyl or cyclic N) is 1. The zero-order valence-electron chi connectivity index (χ0n) is 9.60. The highest BCUT2D eigenvalue weighted by molar-refractivity contribution is 5.83. The van der Waals surface area contributed by atoms with Gasteiger partial charge in [-0.2, -0.15) is 0 Å². The van der Waals surface area contributed by atoms with E-state index >= 15 is 0 Å². The molecule has 0 spiro atoms. The number of rotatable bonds is 1. The molecule has 88 valence electrons. The van der Waals surface area contributed by atoms with Gasteiger partial charge in [-0.1, -0.05) is 18.2 Å². The SMILES string of the molecule is CC1(O)CN(c2cc3ccccc3c(=O)[nH]2)C1. The van der Waals surface area contributed by atoms with Crippen molar-refractivity contribution >= 4 is 16.6 Å². The molecule has 1 saturated heterocycles. The third kappa shape index (κ3) is 1.70. The van der Waals surface area contributed by atoms with Crippen molar-refractivity contribution in [1.29, 1.82) is 0 Å². The first kappa shape index (κ1) is 10.4. The molecule has 0 unspecified atom stereocenters. The molecule has 1 aromatic heterocycles. The number of benzene rings is 1. The number of anilines is 1. The third-order valence-electron chi connectivity index (χ3n) is 3.14. The van der Waals surface area contributed by atoms with Gasteiger partial charge in [0, 0.05) is 18.5 Å². The summed E-state index contributed by atoms with van der Waals surface area (Å²) in [5.41, 5.74) is -0.715. The first-order chi connectivity index (χ1) is 8.05. The van der Waals surface area contributed by atoms with Crippen LogP contribution >= 0.6 is 0 Å². The molecular weight excluding hydrogens is 216 g/mol. The van der Waals surface area contributed by atoms with Gasteiger partial charge in [0.2, 0.25) is 0 Å². The number of aliphatic hydroxyl groups is 1. The van der Waals surface area contributed by atoms with Crippen LogP contribution in [0.2, 0.25) is 0 Å². The minimum atomic E-state index is -0.636. The molecule has 2 N–H and O–H groups in total. The number of nitrogens with one attached hydrogen (secondary N) is 1. The van der Waals surface area contributed by atoms with Crippen LogP contribution in [0.1, 0.15) is 6.92 Å². The van der Waals surface area contributed by atoms with Crippen molar-refractivity contribution in [3.63, 3.8) is 0 Å². The van der Waals surface area contributed by atoms with E-state index in [1.54, 1.807) is 6.92 Å². The summed E-state index contributed by atoms with van der Waals surface area (Å²) in [5.74, 6) is 0.778. The van der Waals surface area contributed by atoms with Crippen molar-refractivity contribution in [3.05, 3.63) is 40.7 Å². The molecule has 0 saturated carbocycles. The summed E-state index contributed by atoms with van der Waals surface area (Å²) in [6.45, 7) is 2.91. The highest BCUT2D eigenvalue weighted by atomic mass is 16.3. The first-order valence-electron chi connectivity index (χ1n) is 5.65. The molecule has 0 aliphatic carbocycles. The monoisotopic (exact) mass is 230 g/mol. The van der Waals surface area contributed by atoms with Crippen LogP contribution in [-0.2, 0) is 0 Å². The van der Waals surface area contributed by atoms with Crippen molar-refractivity contribution in [1.82, 2.24) is 4.98 Å². The van der Waals surface area contributed by atoms with Crippen LogP contribution in [0.25, 0.3) is 10.8 Å². The van der Waals surface area contributed by atoms with Gasteiger partial charge in [0.15, 0.2) is 0 Å². The van der Waals surface area contributed by atoms with Gasteiger partial charge in [-0.25, -0.2) is 0 Å². The summed E-state index contributed by atoms with van der Waals surface area (Å²) in [7, 11) is 0. The lowest BCUT2D eigenvalue weighted by Gasteiger charge is -2.45. The second kappa shape index (κ2) is 3.34. The Hall–Kier alpha value is -1.81. The number of H-pyrrole nitrogens is 1. The summed E-state index contributed by atoms with van der Waals surface area (Å²) < 4.78 is 0. The molecule has 0 radical (unpaired) electrons. The first-order valence-corrected chi connectivity index (χ1v) is 5.65. The second-order valence-corrected chi connectivity index (χ2v) is 4.92. The number of nitrogens with zero attached hydrogens (tertiary/aromatic N) is 1. The molecule has 0 bridgehead atoms. The molecule has 4 heteroatoms. The fourth-order valence-electron chi connectivity index (χ4n) is 2.31. The van der Waals surface area contributed by atoms with Gasteiger partial charge in [-0.15, -0.1) is 0 Å². The van der Waals surface area contributed by atoms with Gasteiger partial charge in [-0.05, 0) is 24.4 Å². The Balaban J connectivity index is 2.05. The maximum atomic E-state index is 11.9. The zero-order valence-corrected chi connectivity index (χ0v) is 9.60. The van der Waals surface area contributed by atoms with Gasteiger partial charge in [0.1, 0.15) is 5.82 Å². The summed E-state index contributed by atoms with van der Waals surface area (Å²) in [6.07, 6.45) is 0. The lowest BCUT2D eigenvalue weighted by molar-refractivity contribution is 0.0305. The van der Waals surface area contributed by atoms with Gasteiger partial charge >= 0.3 is 0 Å². The van der Waals surface area contributed by atoms with Crippen LogP contribution in [0.3, 0.4) is 0 Å². The summed E-state index contributed by atoms with van der Waals surface area (Å²) in [4.78, 5) is 16.7. The summed E-state index contributed by atoms with van der Waals surface area (Å²) >= 11 is 0. The largest absolute Gasteiger partial charge is 0.386 e. The van der Waals surface area contributed by atoms with Crippen molar-refractivity contribution < 1.29 is 5.11 Å². The predicted molar refractivity (Wildman–Crippen MR) is 67.4 cm³/mol. The normalized spacial score (nSPS) is 18.1. The lowest BCUT2D eigenvalue weighted by atomic mass is 9.97. The number of hydrogen-bond acceptors (Lipinski definition) is 3. The molecule has 0 amide bonds. The Morgan fingerprint density at radius 3 is 2.76 bits per heavy atom. The Bertz CT molecular complexity index is 623. The number of fused-ring (bicyclic) bond motifs is 1. The lowest BCUT2D eigenvalue weighted by Crippen LogP contribution is -2.60. The summed E-state index contributed by atoms with van der Waals surface area (Å²) in [5, 5.41) is 11.3. The van der Waals surface area contributed by atoms with Gasteiger partial charge in [0.25, 0.3) is 5.56 Å². The Labute approximate surface area is 98.5 Å². The quantitative estimate of drug-likeness (QED) is 0.771. The van der Waals surface area contributed by atoms with Crippen molar-refractivity contribution in [3.8, 4) is 0 Å². The van der Waals surface area contributed by atoms with E-state index in [-0.39, 0.29) is 5.56 Å². The number of pyridine rings is 1. The molecule has 1 fully saturated rings. The standard InChI is InChI=1S/C13H14N2O2/c1-13(17)7-15(8-13)11-6-9-4-2-3-5-10(9)12(16)14-11/h2-6,17H,7-8H2,1H3,(H,14,16). The molecular formula is C13H14N2O2. The second-order valence-electron chi connectivity index (χ2n) is 4.92. The van der Waals surface area contributed by atoms with Gasteiger partial charge in [0.05, 0.1) is 5.60 Å². The summed E-state index contributed by atoms with van der Waals surface area (Å²) in [6, 6.07) is 9.45. The minimum Gasteiger partial charge on any atom is -0.386 e. The van der Waals surface area contributed by atoms with Crippen LogP contribution in [0.15, 0.2) is 35.1 Å². The molecule has 2 heterocycles. The van der Waals surface area contributed by atoms with E-state index in [1.165, 1.54) is 0 Å². The van der Waals surface area contributed by atoms with Crippen molar-refractivity contribution in [2.75, 3.05) is 18.0 Å². The minimum absolute atomic E-state index is 0.0790.